The zero-order valence-corrected chi connectivity index (χ0v) is 7.44. The molecule has 0 aliphatic carbocycles. The molecule has 0 saturated heterocycles. The van der Waals surface area contributed by atoms with Gasteiger partial charge >= 0.3 is 0 Å². The van der Waals surface area contributed by atoms with Crippen molar-refractivity contribution in [2.24, 2.45) is 0 Å². The summed E-state index contributed by atoms with van der Waals surface area (Å²) in [5.41, 5.74) is 0.829. The summed E-state index contributed by atoms with van der Waals surface area (Å²) in [4.78, 5) is 7.90. The fraction of sp³-hybridized carbons (Fsp3) is 0. The number of rotatable bonds is 0. The first kappa shape index (κ1) is 7.01. The van der Waals surface area contributed by atoms with E-state index in [0.717, 1.165) is 11.0 Å². The second kappa shape index (κ2) is 2.43. The van der Waals surface area contributed by atoms with E-state index in [0.29, 0.717) is 5.15 Å². The van der Waals surface area contributed by atoms with Gasteiger partial charge in [-0.05, 0) is 15.5 Å². The maximum absolute atomic E-state index is 5.80. The number of fused-ring (bicyclic) bond motifs is 1. The van der Waals surface area contributed by atoms with Crippen molar-refractivity contribution in [3.8, 4) is 0 Å². The van der Waals surface area contributed by atoms with Crippen molar-refractivity contribution in [2.75, 3.05) is 0 Å². The zero-order valence-electron chi connectivity index (χ0n) is 5.53. The summed E-state index contributed by atoms with van der Waals surface area (Å²) in [5, 5.41) is 1.38. The Balaban J connectivity index is 2.94. The molecule has 0 N–H and O–H groups in total. The lowest BCUT2D eigenvalue weighted by Gasteiger charge is -1.93. The average Bonchev–Trinajstić information content (AvgIpc) is 2.35. The van der Waals surface area contributed by atoms with Gasteiger partial charge in [-0.2, -0.15) is 0 Å². The van der Waals surface area contributed by atoms with Crippen LogP contribution in [-0.2, 0) is 0 Å². The predicted molar refractivity (Wildman–Crippen MR) is 47.6 cm³/mol. The Morgan fingerprint density at radius 2 is 2.27 bits per heavy atom. The first-order valence-corrected chi connectivity index (χ1v) is 3.91. The Morgan fingerprint density at radius 3 is 3.00 bits per heavy atom. The first-order valence-electron chi connectivity index (χ1n) is 3.01. The van der Waals surface area contributed by atoms with Crippen LogP contribution in [0, 0.1) is 0 Å². The Morgan fingerprint density at radius 1 is 1.45 bits per heavy atom. The molecule has 56 valence electrons. The molecule has 0 fully saturated rings. The van der Waals surface area contributed by atoms with Gasteiger partial charge < -0.3 is 4.34 Å². The molecule has 0 bridgehead atoms. The summed E-state index contributed by atoms with van der Waals surface area (Å²) < 4.78 is 1.82. The normalized spacial score (nSPS) is 10.7. The molecular weight excluding hydrogens is 181 g/mol. The minimum Gasteiger partial charge on any atom is -0.317 e. The van der Waals surface area contributed by atoms with Crippen LogP contribution in [0.15, 0.2) is 18.6 Å². The SMILES string of the molecule is Pn1ccc2c(Cl)ncnc21. The number of halogens is 1. The quantitative estimate of drug-likeness (QED) is 0.462. The molecule has 0 aliphatic heterocycles. The lowest BCUT2D eigenvalue weighted by atomic mass is 10.4. The summed E-state index contributed by atoms with van der Waals surface area (Å²) in [6.07, 6.45) is 3.32. The second-order valence-corrected chi connectivity index (χ2v) is 3.04. The van der Waals surface area contributed by atoms with Gasteiger partial charge in [-0.1, -0.05) is 11.6 Å². The van der Waals surface area contributed by atoms with E-state index in [1.165, 1.54) is 6.33 Å². The maximum Gasteiger partial charge on any atom is 0.147 e. The molecule has 5 heteroatoms. The molecular formula is C6H5ClN3P. The molecule has 2 heterocycles. The van der Waals surface area contributed by atoms with E-state index in [1.807, 2.05) is 16.6 Å². The molecule has 1 unspecified atom stereocenters. The van der Waals surface area contributed by atoms with Gasteiger partial charge in [0.2, 0.25) is 0 Å². The number of hydrogen-bond acceptors (Lipinski definition) is 2. The van der Waals surface area contributed by atoms with Crippen molar-refractivity contribution < 1.29 is 0 Å². The molecule has 3 nitrogen and oxygen atoms in total. The van der Waals surface area contributed by atoms with Gasteiger partial charge in [0.15, 0.2) is 0 Å². The Hall–Kier alpha value is -0.660. The molecule has 1 atom stereocenters. The van der Waals surface area contributed by atoms with Crippen LogP contribution in [0.4, 0.5) is 0 Å². The third kappa shape index (κ3) is 1.01. The van der Waals surface area contributed by atoms with Gasteiger partial charge in [0, 0.05) is 6.20 Å². The summed E-state index contributed by atoms with van der Waals surface area (Å²) >= 11 is 5.80. The van der Waals surface area contributed by atoms with E-state index in [1.54, 1.807) is 0 Å². The van der Waals surface area contributed by atoms with E-state index < -0.39 is 0 Å². The Bertz CT molecular complexity index is 398. The zero-order chi connectivity index (χ0) is 7.84. The molecule has 0 radical (unpaired) electrons. The van der Waals surface area contributed by atoms with Gasteiger partial charge in [0.05, 0.1) is 5.39 Å². The predicted octanol–water partition coefficient (Wildman–Crippen LogP) is 1.72. The fourth-order valence-corrected chi connectivity index (χ4v) is 1.42. The smallest absolute Gasteiger partial charge is 0.147 e. The number of nitrogens with zero attached hydrogens (tertiary/aromatic N) is 3. The minimum absolute atomic E-state index is 0.496. The van der Waals surface area contributed by atoms with Crippen LogP contribution in [-0.4, -0.2) is 14.3 Å². The molecule has 2 rings (SSSR count). The standard InChI is InChI=1S/C6H5ClN3P/c7-5-4-1-2-10(11)6(4)9-3-8-5/h1-3H,11H2. The molecule has 0 saturated carbocycles. The van der Waals surface area contributed by atoms with E-state index >= 15 is 0 Å². The van der Waals surface area contributed by atoms with E-state index in [4.69, 9.17) is 11.6 Å². The van der Waals surface area contributed by atoms with Gasteiger partial charge in [-0.25, -0.2) is 9.97 Å². The van der Waals surface area contributed by atoms with Crippen molar-refractivity contribution in [2.45, 2.75) is 0 Å². The highest BCUT2D eigenvalue weighted by atomic mass is 35.5. The first-order chi connectivity index (χ1) is 5.29. The summed E-state index contributed by atoms with van der Waals surface area (Å²) in [6, 6.07) is 1.88. The lowest BCUT2D eigenvalue weighted by Crippen LogP contribution is -1.83. The second-order valence-electron chi connectivity index (χ2n) is 2.12. The van der Waals surface area contributed by atoms with Crippen LogP contribution >= 0.6 is 21.0 Å². The van der Waals surface area contributed by atoms with Gasteiger partial charge in [-0.15, -0.1) is 0 Å². The van der Waals surface area contributed by atoms with Crippen LogP contribution < -0.4 is 0 Å². The highest BCUT2D eigenvalue weighted by molar-refractivity contribution is 7.14. The average molecular weight is 186 g/mol. The lowest BCUT2D eigenvalue weighted by molar-refractivity contribution is 1.18. The summed E-state index contributed by atoms with van der Waals surface area (Å²) in [7, 11) is 2.52. The van der Waals surface area contributed by atoms with Gasteiger partial charge in [0.1, 0.15) is 17.1 Å². The molecule has 0 aliphatic rings. The molecule has 0 amide bonds. The number of aromatic nitrogens is 3. The van der Waals surface area contributed by atoms with Crippen LogP contribution in [0.5, 0.6) is 0 Å². The molecule has 2 aromatic rings. The maximum atomic E-state index is 5.80. The summed E-state index contributed by atoms with van der Waals surface area (Å²) in [6.45, 7) is 0. The van der Waals surface area contributed by atoms with E-state index in [9.17, 15) is 0 Å². The monoisotopic (exact) mass is 185 g/mol. The van der Waals surface area contributed by atoms with Crippen molar-refractivity contribution in [1.29, 1.82) is 0 Å². The van der Waals surface area contributed by atoms with Gasteiger partial charge in [0.25, 0.3) is 0 Å². The Kier molecular flexibility index (Phi) is 1.55. The van der Waals surface area contributed by atoms with Crippen LogP contribution in [0.3, 0.4) is 0 Å². The van der Waals surface area contributed by atoms with E-state index in [2.05, 4.69) is 19.4 Å². The van der Waals surface area contributed by atoms with E-state index in [-0.39, 0.29) is 0 Å². The fourth-order valence-electron chi connectivity index (χ4n) is 0.940. The largest absolute Gasteiger partial charge is 0.317 e. The highest BCUT2D eigenvalue weighted by Gasteiger charge is 2.02. The third-order valence-corrected chi connectivity index (χ3v) is 2.18. The van der Waals surface area contributed by atoms with Crippen LogP contribution in [0.25, 0.3) is 11.0 Å². The van der Waals surface area contributed by atoms with Crippen molar-refractivity contribution in [3.63, 3.8) is 0 Å². The highest BCUT2D eigenvalue weighted by Crippen LogP contribution is 2.20. The van der Waals surface area contributed by atoms with Crippen molar-refractivity contribution in [3.05, 3.63) is 23.7 Å². The van der Waals surface area contributed by atoms with Crippen LogP contribution in [0.2, 0.25) is 5.15 Å². The Labute approximate surface area is 70.7 Å². The number of hydrogen-bond donors (Lipinski definition) is 0. The van der Waals surface area contributed by atoms with Gasteiger partial charge in [-0.3, -0.25) is 0 Å². The third-order valence-electron chi connectivity index (χ3n) is 1.46. The van der Waals surface area contributed by atoms with Crippen molar-refractivity contribution >= 4 is 32.0 Å². The minimum atomic E-state index is 0.496. The molecule has 0 spiro atoms. The molecule has 11 heavy (non-hydrogen) atoms. The topological polar surface area (TPSA) is 30.7 Å². The summed E-state index contributed by atoms with van der Waals surface area (Å²) in [5.74, 6) is 0. The van der Waals surface area contributed by atoms with Crippen molar-refractivity contribution in [1.82, 2.24) is 14.3 Å². The molecule has 2 aromatic heterocycles. The van der Waals surface area contributed by atoms with Crippen LogP contribution in [0.1, 0.15) is 0 Å². The molecule has 0 aromatic carbocycles.